The number of nitrogens with zero attached hydrogens (tertiary/aromatic N) is 3. The molecule has 1 saturated carbocycles. The molecule has 2 fully saturated rings. The molecule has 154 valence electrons. The van der Waals surface area contributed by atoms with Gasteiger partial charge < -0.3 is 21.1 Å². The number of carbonyl (C=O) groups is 1. The molecule has 1 aliphatic carbocycles. The van der Waals surface area contributed by atoms with Crippen molar-refractivity contribution in [2.45, 2.75) is 38.5 Å². The van der Waals surface area contributed by atoms with Crippen LogP contribution < -0.4 is 16.0 Å². The van der Waals surface area contributed by atoms with Gasteiger partial charge in [-0.1, -0.05) is 17.7 Å². The molecule has 1 saturated heterocycles. The van der Waals surface area contributed by atoms with Gasteiger partial charge in [0.05, 0.1) is 24.0 Å². The third-order valence-electron chi connectivity index (χ3n) is 5.35. The van der Waals surface area contributed by atoms with Crippen LogP contribution in [0.3, 0.4) is 0 Å². The number of anilines is 3. The number of carbonyl (C=O) groups excluding carboxylic acids is 1. The highest BCUT2D eigenvalue weighted by atomic mass is 35.5. The third kappa shape index (κ3) is 3.59. The Kier molecular flexibility index (Phi) is 4.60. The highest BCUT2D eigenvalue weighted by molar-refractivity contribution is 6.30. The summed E-state index contributed by atoms with van der Waals surface area (Å²) in [4.78, 5) is 16.3. The van der Waals surface area contributed by atoms with Crippen molar-refractivity contribution in [3.05, 3.63) is 52.8 Å². The second-order valence-corrected chi connectivity index (χ2v) is 8.11. The molecule has 30 heavy (non-hydrogen) atoms. The Hall–Kier alpha value is -3.10. The Morgan fingerprint density at radius 2 is 2.17 bits per heavy atom. The lowest BCUT2D eigenvalue weighted by Crippen LogP contribution is -2.25. The largest absolute Gasteiger partial charge is 0.379 e. The monoisotopic (exact) mass is 424 g/mol. The number of hydrogen-bond acceptors (Lipinski definition) is 6. The van der Waals surface area contributed by atoms with Crippen LogP contribution in [0.15, 0.2) is 42.1 Å². The minimum absolute atomic E-state index is 0.161. The predicted molar refractivity (Wildman–Crippen MR) is 116 cm³/mol. The molecule has 5 rings (SSSR count). The molecule has 3 aromatic rings. The van der Waals surface area contributed by atoms with Crippen LogP contribution in [0.25, 0.3) is 11.2 Å². The zero-order valence-corrected chi connectivity index (χ0v) is 17.1. The number of rotatable bonds is 5. The summed E-state index contributed by atoms with van der Waals surface area (Å²) in [6.07, 6.45) is 3.15. The van der Waals surface area contributed by atoms with E-state index in [0.717, 1.165) is 35.5 Å². The average molecular weight is 425 g/mol. The third-order valence-corrected chi connectivity index (χ3v) is 5.58. The van der Waals surface area contributed by atoms with Crippen molar-refractivity contribution in [2.24, 2.45) is 0 Å². The van der Waals surface area contributed by atoms with Gasteiger partial charge >= 0.3 is 0 Å². The summed E-state index contributed by atoms with van der Waals surface area (Å²) in [6.45, 7) is 1.87. The number of nitrogens with one attached hydrogen (secondary N) is 3. The molecular weight excluding hydrogens is 404 g/mol. The number of imidazole rings is 1. The van der Waals surface area contributed by atoms with Gasteiger partial charge in [-0.3, -0.25) is 4.79 Å². The van der Waals surface area contributed by atoms with Crippen molar-refractivity contribution in [1.82, 2.24) is 19.9 Å². The number of fused-ring (bicyclic) bond motifs is 1. The first-order chi connectivity index (χ1) is 14.5. The summed E-state index contributed by atoms with van der Waals surface area (Å²) in [6, 6.07) is 9.80. The molecule has 1 atom stereocenters. The fraction of sp³-hybridized carbons (Fsp3) is 0.286. The summed E-state index contributed by atoms with van der Waals surface area (Å²) >= 11 is 6.11. The van der Waals surface area contributed by atoms with Crippen LogP contribution in [0, 0.1) is 0 Å². The molecule has 1 amide bonds. The minimum Gasteiger partial charge on any atom is -0.379 e. The first kappa shape index (κ1) is 18.9. The van der Waals surface area contributed by atoms with Crippen molar-refractivity contribution in [3.8, 4) is 0 Å². The molecule has 1 aromatic carbocycles. The molecule has 0 radical (unpaired) electrons. The Morgan fingerprint density at radius 3 is 2.87 bits per heavy atom. The molecule has 2 aliphatic rings. The Morgan fingerprint density at radius 1 is 1.33 bits per heavy atom. The highest BCUT2D eigenvalue weighted by Crippen LogP contribution is 2.32. The van der Waals surface area contributed by atoms with E-state index in [9.17, 15) is 9.90 Å². The van der Waals surface area contributed by atoms with E-state index in [2.05, 4.69) is 20.9 Å². The van der Waals surface area contributed by atoms with Gasteiger partial charge in [0.15, 0.2) is 11.5 Å². The smallest absolute Gasteiger partial charge is 0.226 e. The van der Waals surface area contributed by atoms with Crippen LogP contribution >= 0.6 is 11.6 Å². The normalized spacial score (nSPS) is 20.4. The lowest BCUT2D eigenvalue weighted by atomic mass is 10.1. The highest BCUT2D eigenvalue weighted by Gasteiger charge is 2.28. The number of aromatic nitrogens is 3. The SMILES string of the molecule is C/C(=C1/CC(=O)NC1O)c1cnc2c(NC3CC3)cc(Nc3cccc(Cl)c3)nn12. The van der Waals surface area contributed by atoms with Crippen LogP contribution in [0.1, 0.15) is 31.9 Å². The average Bonchev–Trinajstić information content (AvgIpc) is 3.30. The molecule has 3 heterocycles. The molecular formula is C21H21ClN6O2. The van der Waals surface area contributed by atoms with Crippen LogP contribution in [0.5, 0.6) is 0 Å². The van der Waals surface area contributed by atoms with E-state index >= 15 is 0 Å². The summed E-state index contributed by atoms with van der Waals surface area (Å²) in [5.74, 6) is 0.434. The van der Waals surface area contributed by atoms with Gasteiger partial charge in [0.25, 0.3) is 0 Å². The van der Waals surface area contributed by atoms with Crippen LogP contribution in [0.4, 0.5) is 17.2 Å². The van der Waals surface area contributed by atoms with Crippen LogP contribution in [-0.2, 0) is 4.79 Å². The van der Waals surface area contributed by atoms with Crippen molar-refractivity contribution < 1.29 is 9.90 Å². The zero-order chi connectivity index (χ0) is 20.8. The second-order valence-electron chi connectivity index (χ2n) is 7.67. The predicted octanol–water partition coefficient (Wildman–Crippen LogP) is 3.31. The van der Waals surface area contributed by atoms with Gasteiger partial charge in [-0.2, -0.15) is 0 Å². The summed E-state index contributed by atoms with van der Waals surface area (Å²) < 4.78 is 1.75. The van der Waals surface area contributed by atoms with E-state index in [1.165, 1.54) is 0 Å². The minimum atomic E-state index is -0.986. The molecule has 1 aliphatic heterocycles. The van der Waals surface area contributed by atoms with Crippen LogP contribution in [0.2, 0.25) is 5.02 Å². The fourth-order valence-electron chi connectivity index (χ4n) is 3.62. The Balaban J connectivity index is 1.61. The molecule has 4 N–H and O–H groups in total. The van der Waals surface area contributed by atoms with E-state index < -0.39 is 6.23 Å². The van der Waals surface area contributed by atoms with E-state index in [-0.39, 0.29) is 12.3 Å². The van der Waals surface area contributed by atoms with Gasteiger partial charge in [-0.05, 0) is 49.1 Å². The topological polar surface area (TPSA) is 104 Å². The maximum absolute atomic E-state index is 11.7. The van der Waals surface area contributed by atoms with E-state index in [4.69, 9.17) is 16.7 Å². The number of aliphatic hydroxyl groups excluding tert-OH is 1. The van der Waals surface area contributed by atoms with Crippen molar-refractivity contribution >= 4 is 45.9 Å². The van der Waals surface area contributed by atoms with E-state index in [1.807, 2.05) is 37.3 Å². The number of aliphatic hydroxyl groups is 1. The lowest BCUT2D eigenvalue weighted by Gasteiger charge is -2.13. The summed E-state index contributed by atoms with van der Waals surface area (Å²) in [5, 5.41) is 24.9. The van der Waals surface area contributed by atoms with Crippen LogP contribution in [-0.4, -0.2) is 37.9 Å². The van der Waals surface area contributed by atoms with Crippen molar-refractivity contribution in [3.63, 3.8) is 0 Å². The first-order valence-electron chi connectivity index (χ1n) is 9.83. The van der Waals surface area contributed by atoms with Crippen molar-refractivity contribution in [1.29, 1.82) is 0 Å². The van der Waals surface area contributed by atoms with Gasteiger partial charge in [-0.25, -0.2) is 9.50 Å². The molecule has 9 heteroatoms. The van der Waals surface area contributed by atoms with Crippen molar-refractivity contribution in [2.75, 3.05) is 10.6 Å². The number of halogens is 1. The Bertz CT molecular complexity index is 1180. The fourth-order valence-corrected chi connectivity index (χ4v) is 3.81. The maximum atomic E-state index is 11.7. The second kappa shape index (κ2) is 7.30. The molecule has 0 bridgehead atoms. The lowest BCUT2D eigenvalue weighted by molar-refractivity contribution is -0.120. The number of benzene rings is 1. The number of allylic oxidation sites excluding steroid dienone is 1. The van der Waals surface area contributed by atoms with E-state index in [0.29, 0.717) is 28.1 Å². The first-order valence-corrected chi connectivity index (χ1v) is 10.2. The number of hydrogen-bond donors (Lipinski definition) is 4. The summed E-state index contributed by atoms with van der Waals surface area (Å²) in [7, 11) is 0. The Labute approximate surface area is 178 Å². The van der Waals surface area contributed by atoms with Gasteiger partial charge in [0, 0.05) is 22.8 Å². The van der Waals surface area contributed by atoms with Gasteiger partial charge in [-0.15, -0.1) is 5.10 Å². The quantitative estimate of drug-likeness (QED) is 0.501. The summed E-state index contributed by atoms with van der Waals surface area (Å²) in [5.41, 5.74) is 4.53. The molecule has 0 spiro atoms. The molecule has 8 nitrogen and oxygen atoms in total. The van der Waals surface area contributed by atoms with E-state index in [1.54, 1.807) is 10.7 Å². The zero-order valence-electron chi connectivity index (χ0n) is 16.3. The molecule has 2 aromatic heterocycles. The molecule has 1 unspecified atom stereocenters. The van der Waals surface area contributed by atoms with Gasteiger partial charge in [0.2, 0.25) is 5.91 Å². The van der Waals surface area contributed by atoms with Gasteiger partial charge in [0.1, 0.15) is 6.23 Å². The number of amides is 1. The standard InChI is InChI=1S/C21H21ClN6O2/c1-11(15-8-19(29)26-21(15)30)17-10-23-20-16(24-13-5-6-13)9-18(27-28(17)20)25-14-4-2-3-12(22)7-14/h2-4,7,9-10,13,21,24,30H,5-6,8H2,1H3,(H,25,27)(H,26,29)/b15-11+. The maximum Gasteiger partial charge on any atom is 0.226 e.